The van der Waals surface area contributed by atoms with Crippen LogP contribution in [0.5, 0.6) is 0 Å². The predicted octanol–water partition coefficient (Wildman–Crippen LogP) is 1.89. The first-order valence-corrected chi connectivity index (χ1v) is 7.51. The van der Waals surface area contributed by atoms with Crippen LogP contribution < -0.4 is 11.1 Å². The Balaban J connectivity index is 1.88. The Morgan fingerprint density at radius 1 is 1.30 bits per heavy atom. The van der Waals surface area contributed by atoms with Gasteiger partial charge < -0.3 is 11.1 Å². The SMILES string of the molecule is Cc1ccc(NC2(C(N)=O)CCN3CCCCC32)cc1. The van der Waals surface area contributed by atoms with Crippen LogP contribution in [0.25, 0.3) is 0 Å². The summed E-state index contributed by atoms with van der Waals surface area (Å²) in [5.41, 5.74) is 7.39. The molecule has 108 valence electrons. The minimum Gasteiger partial charge on any atom is -0.370 e. The summed E-state index contributed by atoms with van der Waals surface area (Å²) in [4.78, 5) is 14.6. The summed E-state index contributed by atoms with van der Waals surface area (Å²) in [5.74, 6) is -0.215. The zero-order chi connectivity index (χ0) is 14.2. The first-order valence-electron chi connectivity index (χ1n) is 7.51. The van der Waals surface area contributed by atoms with Gasteiger partial charge in [-0.2, -0.15) is 0 Å². The van der Waals surface area contributed by atoms with Gasteiger partial charge in [-0.05, 0) is 44.9 Å². The van der Waals surface area contributed by atoms with Crippen LogP contribution in [-0.4, -0.2) is 35.5 Å². The van der Waals surface area contributed by atoms with Gasteiger partial charge in [-0.25, -0.2) is 0 Å². The summed E-state index contributed by atoms with van der Waals surface area (Å²) >= 11 is 0. The number of nitrogens with two attached hydrogens (primary N) is 1. The zero-order valence-corrected chi connectivity index (χ0v) is 12.1. The van der Waals surface area contributed by atoms with E-state index < -0.39 is 5.54 Å². The van der Waals surface area contributed by atoms with Gasteiger partial charge >= 0.3 is 0 Å². The second kappa shape index (κ2) is 5.09. The Bertz CT molecular complexity index is 499. The lowest BCUT2D eigenvalue weighted by molar-refractivity contribution is -0.123. The summed E-state index contributed by atoms with van der Waals surface area (Å²) in [5, 5.41) is 3.46. The van der Waals surface area contributed by atoms with E-state index in [2.05, 4.69) is 29.3 Å². The molecule has 0 radical (unpaired) electrons. The van der Waals surface area contributed by atoms with Gasteiger partial charge in [0.05, 0.1) is 0 Å². The number of anilines is 1. The molecular formula is C16H23N3O. The number of rotatable bonds is 3. The van der Waals surface area contributed by atoms with E-state index in [9.17, 15) is 4.79 Å². The summed E-state index contributed by atoms with van der Waals surface area (Å²) in [7, 11) is 0. The Morgan fingerprint density at radius 2 is 2.05 bits per heavy atom. The molecule has 1 aromatic carbocycles. The number of hydrogen-bond acceptors (Lipinski definition) is 3. The molecule has 2 aliphatic heterocycles. The lowest BCUT2D eigenvalue weighted by Crippen LogP contribution is -2.59. The van der Waals surface area contributed by atoms with Gasteiger partial charge in [0.2, 0.25) is 5.91 Å². The molecule has 0 saturated carbocycles. The lowest BCUT2D eigenvalue weighted by Gasteiger charge is -2.39. The molecule has 2 fully saturated rings. The number of carbonyl (C=O) groups excluding carboxylic acids is 1. The summed E-state index contributed by atoms with van der Waals surface area (Å²) < 4.78 is 0. The normalized spacial score (nSPS) is 29.9. The van der Waals surface area contributed by atoms with Crippen molar-refractivity contribution in [2.75, 3.05) is 18.4 Å². The van der Waals surface area contributed by atoms with Crippen molar-refractivity contribution in [1.82, 2.24) is 4.90 Å². The molecule has 4 nitrogen and oxygen atoms in total. The third-order valence-electron chi connectivity index (χ3n) is 4.83. The molecule has 0 bridgehead atoms. The van der Waals surface area contributed by atoms with Gasteiger partial charge in [0.1, 0.15) is 5.54 Å². The van der Waals surface area contributed by atoms with Crippen molar-refractivity contribution in [3.63, 3.8) is 0 Å². The van der Waals surface area contributed by atoms with E-state index >= 15 is 0 Å². The van der Waals surface area contributed by atoms with Gasteiger partial charge in [-0.15, -0.1) is 0 Å². The molecule has 0 spiro atoms. The van der Waals surface area contributed by atoms with Crippen LogP contribution in [0.4, 0.5) is 5.69 Å². The summed E-state index contributed by atoms with van der Waals surface area (Å²) in [6, 6.07) is 8.43. The highest BCUT2D eigenvalue weighted by Crippen LogP contribution is 2.37. The molecule has 2 heterocycles. The standard InChI is InChI=1S/C16H23N3O/c1-12-5-7-13(8-6-12)18-16(15(17)20)9-11-19-10-3-2-4-14(16)19/h5-8,14,18H,2-4,9-11H2,1H3,(H2,17,20). The first kappa shape index (κ1) is 13.4. The van der Waals surface area contributed by atoms with E-state index in [0.29, 0.717) is 0 Å². The smallest absolute Gasteiger partial charge is 0.244 e. The average Bonchev–Trinajstić information content (AvgIpc) is 2.82. The molecule has 3 rings (SSSR count). The number of carbonyl (C=O) groups is 1. The molecule has 2 aliphatic rings. The lowest BCUT2D eigenvalue weighted by atomic mass is 9.84. The van der Waals surface area contributed by atoms with Gasteiger partial charge in [0, 0.05) is 18.3 Å². The van der Waals surface area contributed by atoms with Crippen LogP contribution >= 0.6 is 0 Å². The number of nitrogens with zero attached hydrogens (tertiary/aromatic N) is 1. The van der Waals surface area contributed by atoms with Crippen LogP contribution in [0, 0.1) is 6.92 Å². The largest absolute Gasteiger partial charge is 0.370 e. The van der Waals surface area contributed by atoms with Crippen molar-refractivity contribution in [2.24, 2.45) is 5.73 Å². The maximum absolute atomic E-state index is 12.2. The number of fused-ring (bicyclic) bond motifs is 1. The number of nitrogens with one attached hydrogen (secondary N) is 1. The summed E-state index contributed by atoms with van der Waals surface area (Å²) in [6.07, 6.45) is 4.28. The number of piperidine rings is 1. The number of aryl methyl sites for hydroxylation is 1. The molecule has 0 aliphatic carbocycles. The van der Waals surface area contributed by atoms with Crippen molar-refractivity contribution < 1.29 is 4.79 Å². The minimum absolute atomic E-state index is 0.215. The fourth-order valence-electron chi connectivity index (χ4n) is 3.69. The zero-order valence-electron chi connectivity index (χ0n) is 12.1. The monoisotopic (exact) mass is 273 g/mol. The van der Waals surface area contributed by atoms with Crippen LogP contribution in [0.3, 0.4) is 0 Å². The quantitative estimate of drug-likeness (QED) is 0.884. The third kappa shape index (κ3) is 2.18. The second-order valence-corrected chi connectivity index (χ2v) is 6.12. The maximum Gasteiger partial charge on any atom is 0.244 e. The third-order valence-corrected chi connectivity index (χ3v) is 4.83. The second-order valence-electron chi connectivity index (χ2n) is 6.12. The number of hydrogen-bond donors (Lipinski definition) is 2. The Morgan fingerprint density at radius 3 is 2.75 bits per heavy atom. The van der Waals surface area contributed by atoms with Crippen molar-refractivity contribution >= 4 is 11.6 Å². The highest BCUT2D eigenvalue weighted by molar-refractivity contribution is 5.89. The van der Waals surface area contributed by atoms with Crippen molar-refractivity contribution in [2.45, 2.75) is 44.2 Å². The van der Waals surface area contributed by atoms with Crippen molar-refractivity contribution in [3.8, 4) is 0 Å². The van der Waals surface area contributed by atoms with E-state index in [1.807, 2.05) is 12.1 Å². The minimum atomic E-state index is -0.602. The van der Waals surface area contributed by atoms with Gasteiger partial charge in [-0.1, -0.05) is 24.1 Å². The highest BCUT2D eigenvalue weighted by Gasteiger charge is 2.52. The van der Waals surface area contributed by atoms with E-state index in [-0.39, 0.29) is 11.9 Å². The van der Waals surface area contributed by atoms with Crippen LogP contribution in [0.1, 0.15) is 31.2 Å². The summed E-state index contributed by atoms with van der Waals surface area (Å²) in [6.45, 7) is 4.12. The molecule has 0 aromatic heterocycles. The van der Waals surface area contributed by atoms with Crippen molar-refractivity contribution in [1.29, 1.82) is 0 Å². The van der Waals surface area contributed by atoms with Gasteiger partial charge in [0.15, 0.2) is 0 Å². The first-order chi connectivity index (χ1) is 9.62. The topological polar surface area (TPSA) is 58.4 Å². The highest BCUT2D eigenvalue weighted by atomic mass is 16.1. The van der Waals surface area contributed by atoms with E-state index in [1.54, 1.807) is 0 Å². The van der Waals surface area contributed by atoms with Crippen LogP contribution in [-0.2, 0) is 4.79 Å². The molecule has 1 aromatic rings. The van der Waals surface area contributed by atoms with Crippen molar-refractivity contribution in [3.05, 3.63) is 29.8 Å². The van der Waals surface area contributed by atoms with Crippen LogP contribution in [0.2, 0.25) is 0 Å². The molecule has 4 heteroatoms. The molecular weight excluding hydrogens is 250 g/mol. The van der Waals surface area contributed by atoms with Gasteiger partial charge in [-0.3, -0.25) is 9.69 Å². The van der Waals surface area contributed by atoms with Gasteiger partial charge in [0.25, 0.3) is 0 Å². The van der Waals surface area contributed by atoms with Crippen LogP contribution in [0.15, 0.2) is 24.3 Å². The van der Waals surface area contributed by atoms with E-state index in [0.717, 1.165) is 31.6 Å². The molecule has 2 saturated heterocycles. The van der Waals surface area contributed by atoms with E-state index in [1.165, 1.54) is 18.4 Å². The Hall–Kier alpha value is -1.55. The Kier molecular flexibility index (Phi) is 3.42. The molecule has 3 N–H and O–H groups in total. The average molecular weight is 273 g/mol. The maximum atomic E-state index is 12.2. The molecule has 2 atom stereocenters. The fourth-order valence-corrected chi connectivity index (χ4v) is 3.69. The number of benzene rings is 1. The Labute approximate surface area is 120 Å². The number of primary amides is 1. The fraction of sp³-hybridized carbons (Fsp3) is 0.562. The number of amides is 1. The molecule has 2 unspecified atom stereocenters. The van der Waals surface area contributed by atoms with E-state index in [4.69, 9.17) is 5.73 Å². The molecule has 1 amide bonds. The predicted molar refractivity (Wildman–Crippen MR) is 80.6 cm³/mol. The molecule has 20 heavy (non-hydrogen) atoms.